The lowest BCUT2D eigenvalue weighted by Gasteiger charge is -2.17. The molecule has 0 aromatic carbocycles. The lowest BCUT2D eigenvalue weighted by atomic mass is 10.2. The molecule has 2 aromatic heterocycles. The average molecular weight is 275 g/mol. The number of carbonyl (C=O) groups excluding carboxylic acids is 1. The second-order valence-corrected chi connectivity index (χ2v) is 5.34. The van der Waals surface area contributed by atoms with Gasteiger partial charge in [-0.15, -0.1) is 0 Å². The minimum Gasteiger partial charge on any atom is -0.381 e. The summed E-state index contributed by atoms with van der Waals surface area (Å²) in [7, 11) is 5.41. The highest BCUT2D eigenvalue weighted by Gasteiger charge is 2.12. The van der Waals surface area contributed by atoms with E-state index in [4.69, 9.17) is 0 Å². The third kappa shape index (κ3) is 2.89. The molecule has 0 saturated heterocycles. The van der Waals surface area contributed by atoms with E-state index in [0.717, 1.165) is 22.4 Å². The number of aromatic nitrogens is 3. The van der Waals surface area contributed by atoms with E-state index < -0.39 is 0 Å². The zero-order valence-corrected chi connectivity index (χ0v) is 12.6. The first kappa shape index (κ1) is 14.3. The number of hydrogen-bond acceptors (Lipinski definition) is 4. The average Bonchev–Trinajstić information content (AvgIpc) is 2.64. The van der Waals surface area contributed by atoms with Crippen LogP contribution in [0.2, 0.25) is 0 Å². The van der Waals surface area contributed by atoms with Crippen LogP contribution in [0.5, 0.6) is 0 Å². The molecule has 0 aliphatic carbocycles. The van der Waals surface area contributed by atoms with Crippen molar-refractivity contribution in [3.05, 3.63) is 18.0 Å². The van der Waals surface area contributed by atoms with Crippen molar-refractivity contribution in [1.29, 1.82) is 0 Å². The number of nitrogens with zero attached hydrogens (tertiary/aromatic N) is 4. The number of fused-ring (bicyclic) bond motifs is 1. The maximum atomic E-state index is 11.7. The summed E-state index contributed by atoms with van der Waals surface area (Å²) in [6.07, 6.45) is 2.23. The van der Waals surface area contributed by atoms with Crippen LogP contribution in [-0.2, 0) is 11.8 Å². The van der Waals surface area contributed by atoms with Crippen LogP contribution in [0.4, 0.5) is 5.69 Å². The molecule has 6 nitrogen and oxygen atoms in total. The fourth-order valence-corrected chi connectivity index (χ4v) is 2.17. The maximum Gasteiger partial charge on any atom is 0.224 e. The number of amides is 1. The predicted molar refractivity (Wildman–Crippen MR) is 79.6 cm³/mol. The summed E-state index contributed by atoms with van der Waals surface area (Å²) in [5.41, 5.74) is 2.73. The van der Waals surface area contributed by atoms with Gasteiger partial charge >= 0.3 is 0 Å². The van der Waals surface area contributed by atoms with Crippen molar-refractivity contribution in [1.82, 2.24) is 19.7 Å². The zero-order valence-electron chi connectivity index (χ0n) is 12.6. The second-order valence-electron chi connectivity index (χ2n) is 5.34. The van der Waals surface area contributed by atoms with Gasteiger partial charge in [-0.2, -0.15) is 5.10 Å². The number of rotatable bonds is 4. The van der Waals surface area contributed by atoms with Gasteiger partial charge in [0, 0.05) is 39.0 Å². The quantitative estimate of drug-likeness (QED) is 0.919. The van der Waals surface area contributed by atoms with Gasteiger partial charge in [0.2, 0.25) is 5.91 Å². The molecule has 2 rings (SSSR count). The fourth-order valence-electron chi connectivity index (χ4n) is 2.17. The van der Waals surface area contributed by atoms with Crippen molar-refractivity contribution >= 4 is 22.6 Å². The third-order valence-corrected chi connectivity index (χ3v) is 3.26. The normalized spacial score (nSPS) is 12.4. The Morgan fingerprint density at radius 2 is 2.20 bits per heavy atom. The van der Waals surface area contributed by atoms with Crippen LogP contribution in [0.1, 0.15) is 19.0 Å². The largest absolute Gasteiger partial charge is 0.381 e. The topological polar surface area (TPSA) is 63.1 Å². The standard InChI is InChI=1S/C14H21N5O/c1-9(6-13(20)18(3)4)16-11-7-12-10(2)17-19(5)14(12)15-8-11/h7-9,16H,6H2,1-5H3/t9-/m0/s1. The van der Waals surface area contributed by atoms with Crippen molar-refractivity contribution in [2.45, 2.75) is 26.3 Å². The third-order valence-electron chi connectivity index (χ3n) is 3.26. The van der Waals surface area contributed by atoms with E-state index in [2.05, 4.69) is 15.4 Å². The minimum atomic E-state index is 0.0566. The molecular formula is C14H21N5O. The van der Waals surface area contributed by atoms with Gasteiger partial charge in [-0.05, 0) is 19.9 Å². The Morgan fingerprint density at radius 1 is 1.50 bits per heavy atom. The maximum absolute atomic E-state index is 11.7. The van der Waals surface area contributed by atoms with Gasteiger partial charge in [0.05, 0.1) is 17.6 Å². The van der Waals surface area contributed by atoms with Gasteiger partial charge in [-0.25, -0.2) is 4.98 Å². The van der Waals surface area contributed by atoms with E-state index in [-0.39, 0.29) is 11.9 Å². The highest BCUT2D eigenvalue weighted by molar-refractivity contribution is 5.81. The predicted octanol–water partition coefficient (Wildman–Crippen LogP) is 1.56. The summed E-state index contributed by atoms with van der Waals surface area (Å²) in [6, 6.07) is 2.09. The molecule has 0 unspecified atom stereocenters. The molecule has 0 bridgehead atoms. The zero-order chi connectivity index (χ0) is 14.9. The van der Waals surface area contributed by atoms with Gasteiger partial charge in [0.1, 0.15) is 0 Å². The summed E-state index contributed by atoms with van der Waals surface area (Å²) in [5, 5.41) is 8.69. The van der Waals surface area contributed by atoms with Crippen molar-refractivity contribution < 1.29 is 4.79 Å². The summed E-state index contributed by atoms with van der Waals surface area (Å²) in [5.74, 6) is 0.108. The highest BCUT2D eigenvalue weighted by Crippen LogP contribution is 2.20. The van der Waals surface area contributed by atoms with Crippen LogP contribution in [0.15, 0.2) is 12.3 Å². The molecule has 0 saturated carbocycles. The van der Waals surface area contributed by atoms with E-state index in [1.165, 1.54) is 0 Å². The van der Waals surface area contributed by atoms with Gasteiger partial charge in [0.25, 0.3) is 0 Å². The molecule has 2 aromatic rings. The Balaban J connectivity index is 2.14. The Kier molecular flexibility index (Phi) is 3.92. The van der Waals surface area contributed by atoms with Crippen molar-refractivity contribution in [3.63, 3.8) is 0 Å². The Labute approximate surface area is 118 Å². The van der Waals surface area contributed by atoms with Gasteiger partial charge in [-0.1, -0.05) is 0 Å². The Bertz CT molecular complexity index is 632. The second kappa shape index (κ2) is 5.48. The lowest BCUT2D eigenvalue weighted by molar-refractivity contribution is -0.128. The first-order valence-corrected chi connectivity index (χ1v) is 6.64. The van der Waals surface area contributed by atoms with E-state index in [1.54, 1.807) is 29.9 Å². The van der Waals surface area contributed by atoms with Gasteiger partial charge in [0.15, 0.2) is 5.65 Å². The highest BCUT2D eigenvalue weighted by atomic mass is 16.2. The molecule has 20 heavy (non-hydrogen) atoms. The van der Waals surface area contributed by atoms with Crippen molar-refractivity contribution in [2.75, 3.05) is 19.4 Å². The van der Waals surface area contributed by atoms with Crippen molar-refractivity contribution in [2.24, 2.45) is 7.05 Å². The smallest absolute Gasteiger partial charge is 0.224 e. The molecule has 6 heteroatoms. The monoisotopic (exact) mass is 275 g/mol. The van der Waals surface area contributed by atoms with Crippen LogP contribution < -0.4 is 5.32 Å². The first-order valence-electron chi connectivity index (χ1n) is 6.64. The molecule has 1 amide bonds. The molecule has 108 valence electrons. The summed E-state index contributed by atoms with van der Waals surface area (Å²) < 4.78 is 1.77. The first-order chi connectivity index (χ1) is 9.38. The number of hydrogen-bond donors (Lipinski definition) is 1. The number of anilines is 1. The van der Waals surface area contributed by atoms with Crippen molar-refractivity contribution in [3.8, 4) is 0 Å². The van der Waals surface area contributed by atoms with E-state index in [9.17, 15) is 4.79 Å². The molecule has 0 spiro atoms. The SMILES string of the molecule is Cc1nn(C)c2ncc(N[C@@H](C)CC(=O)N(C)C)cc12. The van der Waals surface area contributed by atoms with Crippen LogP contribution in [-0.4, -0.2) is 45.7 Å². The number of pyridine rings is 1. The molecule has 1 atom stereocenters. The molecule has 0 fully saturated rings. The van der Waals surface area contributed by atoms with E-state index in [1.807, 2.05) is 27.0 Å². The number of carbonyl (C=O) groups is 1. The molecule has 0 aliphatic heterocycles. The molecule has 0 radical (unpaired) electrons. The Morgan fingerprint density at radius 3 is 2.85 bits per heavy atom. The van der Waals surface area contributed by atoms with Gasteiger partial charge < -0.3 is 10.2 Å². The molecule has 1 N–H and O–H groups in total. The van der Waals surface area contributed by atoms with Crippen LogP contribution in [0, 0.1) is 6.92 Å². The lowest BCUT2D eigenvalue weighted by Crippen LogP contribution is -2.28. The van der Waals surface area contributed by atoms with Crippen LogP contribution in [0.3, 0.4) is 0 Å². The minimum absolute atomic E-state index is 0.0566. The van der Waals surface area contributed by atoms with E-state index >= 15 is 0 Å². The van der Waals surface area contributed by atoms with Crippen LogP contribution in [0.25, 0.3) is 11.0 Å². The molecule has 0 aliphatic rings. The number of nitrogens with one attached hydrogen (secondary N) is 1. The number of aryl methyl sites for hydroxylation is 2. The molecular weight excluding hydrogens is 254 g/mol. The summed E-state index contributed by atoms with van der Waals surface area (Å²) in [6.45, 7) is 3.95. The summed E-state index contributed by atoms with van der Waals surface area (Å²) >= 11 is 0. The summed E-state index contributed by atoms with van der Waals surface area (Å²) in [4.78, 5) is 17.7. The van der Waals surface area contributed by atoms with E-state index in [0.29, 0.717) is 6.42 Å². The Hall–Kier alpha value is -2.11. The molecule has 2 heterocycles. The fraction of sp³-hybridized carbons (Fsp3) is 0.500. The van der Waals surface area contributed by atoms with Crippen LogP contribution >= 0.6 is 0 Å². The van der Waals surface area contributed by atoms with Gasteiger partial charge in [-0.3, -0.25) is 9.48 Å².